The Kier molecular flexibility index (Phi) is 6.08. The molecule has 0 spiro atoms. The number of carbonyl (C=O) groups is 1. The first-order valence-corrected chi connectivity index (χ1v) is 11.2. The average molecular weight is 438 g/mol. The largest absolute Gasteiger partial charge is 0.328 e. The molecule has 0 bridgehead atoms. The molecule has 4 rings (SSSR count). The molecule has 0 aliphatic carbocycles. The Hall–Kier alpha value is -3.13. The van der Waals surface area contributed by atoms with Crippen molar-refractivity contribution in [3.05, 3.63) is 76.7 Å². The predicted molar refractivity (Wildman–Crippen MR) is 122 cm³/mol. The standard InChI is InChI=1S/C23H24FN5OS/c1-4-12-31-23-27-22-25-15(3)19(21(30)26-18-10-8-14(2)9-11-18)20(29(22)28-23)16-6-5-7-17(24)13-16/h5-11,13,20H,4,12H2,1-3H3,(H,26,30)(H,25,27,28). The van der Waals surface area contributed by atoms with Gasteiger partial charge in [-0.1, -0.05) is 48.5 Å². The van der Waals surface area contributed by atoms with Crippen LogP contribution in [0.25, 0.3) is 0 Å². The topological polar surface area (TPSA) is 71.8 Å². The number of thioether (sulfide) groups is 1. The number of carbonyl (C=O) groups excluding carboxylic acids is 1. The molecule has 6 nitrogen and oxygen atoms in total. The molecular weight excluding hydrogens is 413 g/mol. The lowest BCUT2D eigenvalue weighted by atomic mass is 9.95. The van der Waals surface area contributed by atoms with E-state index >= 15 is 0 Å². The van der Waals surface area contributed by atoms with Gasteiger partial charge in [0.05, 0.1) is 5.57 Å². The van der Waals surface area contributed by atoms with Crippen molar-refractivity contribution < 1.29 is 9.18 Å². The molecule has 0 radical (unpaired) electrons. The summed E-state index contributed by atoms with van der Waals surface area (Å²) in [5.74, 6) is 0.792. The number of fused-ring (bicyclic) bond motifs is 1. The number of allylic oxidation sites excluding steroid dienone is 1. The summed E-state index contributed by atoms with van der Waals surface area (Å²) in [6.45, 7) is 5.91. The number of hydrogen-bond acceptors (Lipinski definition) is 5. The minimum atomic E-state index is -0.596. The zero-order valence-corrected chi connectivity index (χ0v) is 18.5. The molecule has 31 heavy (non-hydrogen) atoms. The molecule has 1 aromatic heterocycles. The number of hydrogen-bond donors (Lipinski definition) is 2. The molecule has 2 N–H and O–H groups in total. The van der Waals surface area contributed by atoms with E-state index in [4.69, 9.17) is 0 Å². The predicted octanol–water partition coefficient (Wildman–Crippen LogP) is 5.16. The third-order valence-corrected chi connectivity index (χ3v) is 6.03. The number of aryl methyl sites for hydroxylation is 1. The van der Waals surface area contributed by atoms with Gasteiger partial charge in [-0.25, -0.2) is 9.07 Å². The number of halogens is 1. The molecule has 1 amide bonds. The van der Waals surface area contributed by atoms with Gasteiger partial charge in [0, 0.05) is 17.1 Å². The summed E-state index contributed by atoms with van der Waals surface area (Å²) in [7, 11) is 0. The normalized spacial score (nSPS) is 15.4. The summed E-state index contributed by atoms with van der Waals surface area (Å²) in [5.41, 5.74) is 3.56. The second-order valence-corrected chi connectivity index (χ2v) is 8.51. The lowest BCUT2D eigenvalue weighted by molar-refractivity contribution is -0.113. The zero-order chi connectivity index (χ0) is 22.0. The van der Waals surface area contributed by atoms with Gasteiger partial charge in [0.2, 0.25) is 11.1 Å². The smallest absolute Gasteiger partial charge is 0.255 e. The highest BCUT2D eigenvalue weighted by Gasteiger charge is 2.34. The molecule has 1 aliphatic rings. The molecule has 1 aliphatic heterocycles. The van der Waals surface area contributed by atoms with Crippen molar-refractivity contribution in [2.75, 3.05) is 16.4 Å². The highest BCUT2D eigenvalue weighted by molar-refractivity contribution is 7.99. The quantitative estimate of drug-likeness (QED) is 0.522. The first kappa shape index (κ1) is 21.1. The monoisotopic (exact) mass is 437 g/mol. The van der Waals surface area contributed by atoms with Crippen LogP contribution >= 0.6 is 11.8 Å². The molecule has 0 saturated heterocycles. The summed E-state index contributed by atoms with van der Waals surface area (Å²) >= 11 is 1.55. The van der Waals surface area contributed by atoms with Gasteiger partial charge in [-0.2, -0.15) is 4.98 Å². The van der Waals surface area contributed by atoms with E-state index in [2.05, 4.69) is 27.6 Å². The van der Waals surface area contributed by atoms with E-state index in [9.17, 15) is 9.18 Å². The molecular formula is C23H24FN5OS. The number of nitrogens with one attached hydrogen (secondary N) is 2. The molecule has 8 heteroatoms. The van der Waals surface area contributed by atoms with E-state index in [1.54, 1.807) is 28.6 Å². The Labute approximate surface area is 185 Å². The van der Waals surface area contributed by atoms with Crippen molar-refractivity contribution in [3.8, 4) is 0 Å². The SMILES string of the molecule is CCCSc1nc2n(n1)C(c1cccc(F)c1)C(C(=O)Nc1ccc(C)cc1)=C(C)N2. The van der Waals surface area contributed by atoms with Crippen LogP contribution in [0.5, 0.6) is 0 Å². The fourth-order valence-corrected chi connectivity index (χ4v) is 4.18. The van der Waals surface area contributed by atoms with Crippen LogP contribution in [0.1, 0.15) is 37.4 Å². The van der Waals surface area contributed by atoms with E-state index in [0.717, 1.165) is 17.7 Å². The van der Waals surface area contributed by atoms with Crippen LogP contribution in [0.15, 0.2) is 65.0 Å². The molecule has 3 aromatic rings. The Morgan fingerprint density at radius 1 is 1.23 bits per heavy atom. The Bertz CT molecular complexity index is 1140. The fraction of sp³-hybridized carbons (Fsp3) is 0.261. The van der Waals surface area contributed by atoms with Gasteiger partial charge in [0.1, 0.15) is 11.9 Å². The minimum Gasteiger partial charge on any atom is -0.328 e. The van der Waals surface area contributed by atoms with E-state index in [1.807, 2.05) is 38.1 Å². The third kappa shape index (κ3) is 4.49. The Morgan fingerprint density at radius 2 is 2.00 bits per heavy atom. The number of rotatable bonds is 6. The van der Waals surface area contributed by atoms with Crippen LogP contribution in [-0.2, 0) is 4.79 Å². The summed E-state index contributed by atoms with van der Waals surface area (Å²) in [6, 6.07) is 13.3. The van der Waals surface area contributed by atoms with Crippen LogP contribution in [0.4, 0.5) is 16.0 Å². The van der Waals surface area contributed by atoms with Crippen molar-refractivity contribution in [3.63, 3.8) is 0 Å². The molecule has 0 fully saturated rings. The zero-order valence-electron chi connectivity index (χ0n) is 17.6. The van der Waals surface area contributed by atoms with Gasteiger partial charge in [0.15, 0.2) is 0 Å². The van der Waals surface area contributed by atoms with Crippen molar-refractivity contribution in [2.45, 2.75) is 38.4 Å². The van der Waals surface area contributed by atoms with Crippen LogP contribution in [-0.4, -0.2) is 26.4 Å². The van der Waals surface area contributed by atoms with Crippen molar-refractivity contribution in [2.24, 2.45) is 0 Å². The highest BCUT2D eigenvalue weighted by atomic mass is 32.2. The van der Waals surface area contributed by atoms with Gasteiger partial charge in [0.25, 0.3) is 5.91 Å². The van der Waals surface area contributed by atoms with Crippen molar-refractivity contribution in [1.29, 1.82) is 0 Å². The Morgan fingerprint density at radius 3 is 2.71 bits per heavy atom. The lowest BCUT2D eigenvalue weighted by Gasteiger charge is -2.28. The fourth-order valence-electron chi connectivity index (χ4n) is 3.50. The van der Waals surface area contributed by atoms with Gasteiger partial charge in [-0.15, -0.1) is 5.10 Å². The van der Waals surface area contributed by atoms with E-state index in [0.29, 0.717) is 33.6 Å². The summed E-state index contributed by atoms with van der Waals surface area (Å²) in [6.07, 6.45) is 0.997. The Balaban J connectivity index is 1.75. The number of nitrogens with zero attached hydrogens (tertiary/aromatic N) is 3. The van der Waals surface area contributed by atoms with Crippen molar-refractivity contribution in [1.82, 2.24) is 14.8 Å². The lowest BCUT2D eigenvalue weighted by Crippen LogP contribution is -2.31. The summed E-state index contributed by atoms with van der Waals surface area (Å²) in [4.78, 5) is 17.9. The maximum atomic E-state index is 14.1. The summed E-state index contributed by atoms with van der Waals surface area (Å²) in [5, 5.41) is 11.4. The first-order valence-electron chi connectivity index (χ1n) is 10.2. The second-order valence-electron chi connectivity index (χ2n) is 7.45. The number of anilines is 2. The van der Waals surface area contributed by atoms with Crippen LogP contribution in [0, 0.1) is 12.7 Å². The minimum absolute atomic E-state index is 0.271. The first-order chi connectivity index (χ1) is 15.0. The van der Waals surface area contributed by atoms with Gasteiger partial charge in [-0.3, -0.25) is 4.79 Å². The number of aromatic nitrogens is 3. The van der Waals surface area contributed by atoms with Gasteiger partial charge in [-0.05, 0) is 50.1 Å². The molecule has 2 aromatic carbocycles. The molecule has 160 valence electrons. The molecule has 1 atom stereocenters. The average Bonchev–Trinajstić information content (AvgIpc) is 3.15. The maximum Gasteiger partial charge on any atom is 0.255 e. The van der Waals surface area contributed by atoms with Crippen LogP contribution in [0.2, 0.25) is 0 Å². The highest BCUT2D eigenvalue weighted by Crippen LogP contribution is 2.37. The maximum absolute atomic E-state index is 14.1. The second kappa shape index (κ2) is 8.93. The third-order valence-electron chi connectivity index (χ3n) is 4.99. The van der Waals surface area contributed by atoms with E-state index < -0.39 is 6.04 Å². The van der Waals surface area contributed by atoms with Crippen molar-refractivity contribution >= 4 is 29.3 Å². The van der Waals surface area contributed by atoms with Crippen LogP contribution in [0.3, 0.4) is 0 Å². The molecule has 0 saturated carbocycles. The van der Waals surface area contributed by atoms with E-state index in [-0.39, 0.29) is 11.7 Å². The molecule has 2 heterocycles. The number of benzene rings is 2. The van der Waals surface area contributed by atoms with Gasteiger partial charge < -0.3 is 10.6 Å². The molecule has 1 unspecified atom stereocenters. The number of amides is 1. The van der Waals surface area contributed by atoms with Crippen LogP contribution < -0.4 is 10.6 Å². The summed E-state index contributed by atoms with van der Waals surface area (Å²) < 4.78 is 15.8. The van der Waals surface area contributed by atoms with Gasteiger partial charge >= 0.3 is 0 Å². The van der Waals surface area contributed by atoms with E-state index in [1.165, 1.54) is 12.1 Å².